The van der Waals surface area contributed by atoms with Gasteiger partial charge in [0, 0.05) is 9.97 Å². The minimum Gasteiger partial charge on any atom is -0.454 e. The van der Waals surface area contributed by atoms with E-state index >= 15 is 0 Å². The molecule has 0 unspecified atom stereocenters. The fourth-order valence-electron chi connectivity index (χ4n) is 4.87. The molecule has 1 amide bonds. The van der Waals surface area contributed by atoms with E-state index in [4.69, 9.17) is 9.47 Å². The van der Waals surface area contributed by atoms with Crippen molar-refractivity contribution >= 4 is 21.6 Å². The van der Waals surface area contributed by atoms with E-state index in [2.05, 4.69) is 5.32 Å². The number of fused-ring (bicyclic) bond motifs is 1. The Labute approximate surface area is 244 Å². The van der Waals surface area contributed by atoms with Crippen LogP contribution in [0.1, 0.15) is 40.7 Å². The molecule has 5 rings (SSSR count). The zero-order valence-corrected chi connectivity index (χ0v) is 23.5. The van der Waals surface area contributed by atoms with Crippen molar-refractivity contribution in [3.8, 4) is 22.6 Å². The molecule has 0 bridgehead atoms. The molecule has 1 aliphatic heterocycles. The number of aryl methyl sites for hydroxylation is 1. The molecule has 1 aliphatic carbocycles. The Bertz CT molecular complexity index is 1670. The van der Waals surface area contributed by atoms with E-state index in [-0.39, 0.29) is 22.5 Å². The first-order valence-electron chi connectivity index (χ1n) is 13.0. The van der Waals surface area contributed by atoms with Crippen LogP contribution in [0.15, 0.2) is 59.5 Å². The molecule has 0 aromatic heterocycles. The fourth-order valence-corrected chi connectivity index (χ4v) is 6.47. The third kappa shape index (κ3) is 5.56. The predicted octanol–water partition coefficient (Wildman–Crippen LogP) is 4.84. The second-order valence-corrected chi connectivity index (χ2v) is 12.5. The Kier molecular flexibility index (Phi) is 7.50. The van der Waals surface area contributed by atoms with Gasteiger partial charge in [0.1, 0.15) is 0 Å². The predicted molar refractivity (Wildman–Crippen MR) is 153 cm³/mol. The molecule has 0 atom stereocenters. The maximum atomic E-state index is 14.1. The number of nitrogens with one attached hydrogen (secondary N) is 2. The van der Waals surface area contributed by atoms with Gasteiger partial charge in [0.15, 0.2) is 11.5 Å². The van der Waals surface area contributed by atoms with Crippen LogP contribution in [-0.4, -0.2) is 50.1 Å². The van der Waals surface area contributed by atoms with Gasteiger partial charge in [0.2, 0.25) is 22.7 Å². The lowest BCUT2D eigenvalue weighted by Gasteiger charge is -2.26. The number of halogens is 3. The van der Waals surface area contributed by atoms with Crippen molar-refractivity contribution in [2.45, 2.75) is 48.7 Å². The zero-order valence-electron chi connectivity index (χ0n) is 22.7. The van der Waals surface area contributed by atoms with Crippen molar-refractivity contribution in [1.29, 1.82) is 0 Å². The number of aliphatic hydroxyl groups excluding tert-OH is 2. The summed E-state index contributed by atoms with van der Waals surface area (Å²) in [6.45, 7) is 1.27. The molecule has 1 fully saturated rings. The van der Waals surface area contributed by atoms with Crippen LogP contribution < -0.4 is 19.5 Å². The summed E-state index contributed by atoms with van der Waals surface area (Å²) in [5, 5.41) is 21.8. The molecule has 42 heavy (non-hydrogen) atoms. The molecule has 1 heterocycles. The van der Waals surface area contributed by atoms with E-state index in [1.165, 1.54) is 6.07 Å². The lowest BCUT2D eigenvalue weighted by atomic mass is 9.94. The summed E-state index contributed by atoms with van der Waals surface area (Å²) >= 11 is 0. The number of hydrogen-bond acceptors (Lipinski definition) is 7. The van der Waals surface area contributed by atoms with Crippen molar-refractivity contribution in [3.05, 3.63) is 71.3 Å². The monoisotopic (exact) mass is 612 g/mol. The van der Waals surface area contributed by atoms with Gasteiger partial charge in [-0.3, -0.25) is 4.79 Å². The summed E-state index contributed by atoms with van der Waals surface area (Å²) in [7, 11) is -4.79. The summed E-state index contributed by atoms with van der Waals surface area (Å²) in [6, 6.07) is 13.0. The highest BCUT2D eigenvalue weighted by atomic mass is 32.2. The first kappa shape index (κ1) is 29.8. The minimum atomic E-state index is -5.04. The van der Waals surface area contributed by atoms with Crippen molar-refractivity contribution in [2.75, 3.05) is 25.3 Å². The minimum absolute atomic E-state index is 0. The molecule has 3 aromatic carbocycles. The van der Waals surface area contributed by atoms with E-state index in [9.17, 15) is 36.6 Å². The SMILES string of the molecule is Cc1ccc(NC(=O)C2(c3ccc4c(c3)OCO4)CC2)cc1-c1ccc(S(=O)(=O)NC(C)(CO)CO)c(C(F)(F)F)c1.[HH].[HH].[HH]. The number of carbonyl (C=O) groups is 1. The molecule has 3 aromatic rings. The molecule has 0 radical (unpaired) electrons. The lowest BCUT2D eigenvalue weighted by Crippen LogP contribution is -2.51. The maximum Gasteiger partial charge on any atom is 0.417 e. The number of alkyl halides is 3. The number of aliphatic hydroxyl groups is 2. The van der Waals surface area contributed by atoms with E-state index in [0.717, 1.165) is 24.6 Å². The summed E-state index contributed by atoms with van der Waals surface area (Å²) in [6.07, 6.45) is -3.82. The number of benzene rings is 3. The Morgan fingerprint density at radius 2 is 1.69 bits per heavy atom. The molecule has 0 spiro atoms. The maximum absolute atomic E-state index is 14.1. The molecule has 230 valence electrons. The molecular weight excluding hydrogens is 577 g/mol. The highest BCUT2D eigenvalue weighted by Gasteiger charge is 2.51. The standard InChI is InChI=1S/C29H29F3N2O7S.3H2/c1-17-3-6-20(33-26(37)28(9-10-28)19-5-7-23-24(12-19)41-16-40-23)13-21(17)18-4-8-25(22(11-18)29(30,31)32)42(38,39)34-27(2,14-35)15-36;;;/h3-8,11-13,34-36H,9-10,14-16H2,1-2H3,(H,33,37);3*1H. The Hall–Kier alpha value is -3.65. The fraction of sp³-hybridized carbons (Fsp3) is 0.345. The van der Waals surface area contributed by atoms with Gasteiger partial charge in [-0.2, -0.15) is 13.2 Å². The van der Waals surface area contributed by atoms with Crippen molar-refractivity contribution in [3.63, 3.8) is 0 Å². The summed E-state index contributed by atoms with van der Waals surface area (Å²) < 4.78 is 81.0. The summed E-state index contributed by atoms with van der Waals surface area (Å²) in [5.74, 6) is 0.889. The number of anilines is 1. The smallest absolute Gasteiger partial charge is 0.417 e. The van der Waals surface area contributed by atoms with Gasteiger partial charge < -0.3 is 25.0 Å². The first-order valence-corrected chi connectivity index (χ1v) is 14.5. The van der Waals surface area contributed by atoms with E-state index < -0.39 is 50.8 Å². The third-order valence-corrected chi connectivity index (χ3v) is 9.27. The number of sulfonamides is 1. The van der Waals surface area contributed by atoms with Gasteiger partial charge in [-0.1, -0.05) is 18.2 Å². The topological polar surface area (TPSA) is 134 Å². The van der Waals surface area contributed by atoms with Gasteiger partial charge in [-0.05, 0) is 85.3 Å². The highest BCUT2D eigenvalue weighted by molar-refractivity contribution is 7.89. The van der Waals surface area contributed by atoms with Crippen LogP contribution in [0.2, 0.25) is 0 Å². The van der Waals surface area contributed by atoms with Crippen LogP contribution in [0, 0.1) is 6.92 Å². The van der Waals surface area contributed by atoms with Crippen molar-refractivity contribution in [1.82, 2.24) is 4.72 Å². The summed E-state index contributed by atoms with van der Waals surface area (Å²) in [4.78, 5) is 12.3. The van der Waals surface area contributed by atoms with Gasteiger partial charge >= 0.3 is 6.18 Å². The number of hydrogen-bond donors (Lipinski definition) is 4. The molecule has 2 aliphatic rings. The molecule has 4 N–H and O–H groups in total. The van der Waals surface area contributed by atoms with E-state index in [1.807, 2.05) is 10.8 Å². The molecule has 0 saturated heterocycles. The Morgan fingerprint density at radius 3 is 2.33 bits per heavy atom. The van der Waals surface area contributed by atoms with E-state index in [0.29, 0.717) is 41.2 Å². The molecule has 1 saturated carbocycles. The zero-order chi connectivity index (χ0) is 30.5. The first-order chi connectivity index (χ1) is 19.7. The number of ether oxygens (including phenoxy) is 2. The van der Waals surface area contributed by atoms with Gasteiger partial charge in [-0.25, -0.2) is 13.1 Å². The van der Waals surface area contributed by atoms with Gasteiger partial charge in [-0.15, -0.1) is 0 Å². The average Bonchev–Trinajstić information content (AvgIpc) is 3.63. The molecular formula is C29H35F3N2O7S. The quantitative estimate of drug-likeness (QED) is 0.272. The van der Waals surface area contributed by atoms with Crippen LogP contribution in [0.5, 0.6) is 11.5 Å². The normalized spacial score (nSPS) is 15.9. The van der Waals surface area contributed by atoms with Crippen molar-refractivity contribution < 1.29 is 50.4 Å². The highest BCUT2D eigenvalue weighted by Crippen LogP contribution is 2.51. The van der Waals surface area contributed by atoms with Gasteiger partial charge in [0.25, 0.3) is 0 Å². The summed E-state index contributed by atoms with van der Waals surface area (Å²) in [5.41, 5.74) is -1.78. The lowest BCUT2D eigenvalue weighted by molar-refractivity contribution is -0.139. The van der Waals surface area contributed by atoms with Crippen LogP contribution in [0.25, 0.3) is 11.1 Å². The Morgan fingerprint density at radius 1 is 1.00 bits per heavy atom. The van der Waals surface area contributed by atoms with Crippen molar-refractivity contribution in [2.24, 2.45) is 0 Å². The number of carbonyl (C=O) groups excluding carboxylic acids is 1. The van der Waals surface area contributed by atoms with Crippen LogP contribution in [0.4, 0.5) is 18.9 Å². The third-order valence-electron chi connectivity index (χ3n) is 7.57. The largest absolute Gasteiger partial charge is 0.454 e. The number of amides is 1. The second kappa shape index (κ2) is 10.6. The van der Waals surface area contributed by atoms with Gasteiger partial charge in [0.05, 0.1) is 34.6 Å². The molecule has 13 heteroatoms. The second-order valence-electron chi connectivity index (χ2n) is 10.8. The molecule has 9 nitrogen and oxygen atoms in total. The van der Waals surface area contributed by atoms with Crippen LogP contribution in [0.3, 0.4) is 0 Å². The Balaban J connectivity index is 0.00000235. The van der Waals surface area contributed by atoms with Crippen LogP contribution >= 0.6 is 0 Å². The van der Waals surface area contributed by atoms with E-state index in [1.54, 1.807) is 37.3 Å². The van der Waals surface area contributed by atoms with Crippen LogP contribution in [-0.2, 0) is 26.4 Å². The average molecular weight is 613 g/mol. The number of rotatable bonds is 9.